The molecule has 0 aliphatic carbocycles. The first-order valence-electron chi connectivity index (χ1n) is 5.61. The normalized spacial score (nSPS) is 18.9. The Kier molecular flexibility index (Phi) is 6.21. The lowest BCUT2D eigenvalue weighted by molar-refractivity contribution is 0.352. The molecular formula is C12H18BrClN2O2. The second-order valence-electron chi connectivity index (χ2n) is 3.94. The SMILES string of the molecule is COc1cc(Br)c([C@@H]2CNCCN2)cc1OC.Cl. The van der Waals surface area contributed by atoms with E-state index < -0.39 is 0 Å². The van der Waals surface area contributed by atoms with Gasteiger partial charge in [-0.15, -0.1) is 12.4 Å². The molecule has 1 aliphatic heterocycles. The number of hydrogen-bond donors (Lipinski definition) is 2. The summed E-state index contributed by atoms with van der Waals surface area (Å²) in [6.07, 6.45) is 0. The van der Waals surface area contributed by atoms with Gasteiger partial charge >= 0.3 is 0 Å². The van der Waals surface area contributed by atoms with Crippen molar-refractivity contribution in [3.63, 3.8) is 0 Å². The zero-order valence-corrected chi connectivity index (χ0v) is 12.9. The first-order chi connectivity index (χ1) is 8.26. The standard InChI is InChI=1S/C12H17BrN2O2.ClH/c1-16-11-5-8(9(13)6-12(11)17-2)10-7-14-3-4-15-10;/h5-6,10,14-15H,3-4,7H2,1-2H3;1H/t10-;/m0./s1. The summed E-state index contributed by atoms with van der Waals surface area (Å²) < 4.78 is 11.6. The molecule has 0 unspecified atom stereocenters. The molecule has 1 fully saturated rings. The monoisotopic (exact) mass is 336 g/mol. The van der Waals surface area contributed by atoms with Crippen LogP contribution in [-0.2, 0) is 0 Å². The number of nitrogens with one attached hydrogen (secondary N) is 2. The van der Waals surface area contributed by atoms with Gasteiger partial charge < -0.3 is 20.1 Å². The summed E-state index contributed by atoms with van der Waals surface area (Å²) in [4.78, 5) is 0. The van der Waals surface area contributed by atoms with Gasteiger partial charge in [-0.2, -0.15) is 0 Å². The maximum absolute atomic E-state index is 5.33. The van der Waals surface area contributed by atoms with Crippen molar-refractivity contribution in [1.82, 2.24) is 10.6 Å². The quantitative estimate of drug-likeness (QED) is 0.887. The Balaban J connectivity index is 0.00000162. The lowest BCUT2D eigenvalue weighted by atomic mass is 10.0. The Hall–Kier alpha value is -0.490. The minimum atomic E-state index is 0. The molecule has 6 heteroatoms. The third-order valence-corrected chi connectivity index (χ3v) is 3.61. The number of benzene rings is 1. The van der Waals surface area contributed by atoms with Crippen LogP contribution in [-0.4, -0.2) is 33.9 Å². The van der Waals surface area contributed by atoms with E-state index in [1.54, 1.807) is 14.2 Å². The number of hydrogen-bond acceptors (Lipinski definition) is 4. The van der Waals surface area contributed by atoms with Crippen LogP contribution in [0.25, 0.3) is 0 Å². The van der Waals surface area contributed by atoms with Crippen molar-refractivity contribution in [2.75, 3.05) is 33.9 Å². The minimum absolute atomic E-state index is 0. The van der Waals surface area contributed by atoms with Crippen molar-refractivity contribution < 1.29 is 9.47 Å². The highest BCUT2D eigenvalue weighted by molar-refractivity contribution is 9.10. The molecule has 0 bridgehead atoms. The van der Waals surface area contributed by atoms with Gasteiger partial charge in [0.25, 0.3) is 0 Å². The summed E-state index contributed by atoms with van der Waals surface area (Å²) in [6, 6.07) is 4.27. The van der Waals surface area contributed by atoms with Crippen molar-refractivity contribution in [3.05, 3.63) is 22.2 Å². The van der Waals surface area contributed by atoms with Crippen molar-refractivity contribution in [1.29, 1.82) is 0 Å². The van der Waals surface area contributed by atoms with E-state index in [2.05, 4.69) is 26.6 Å². The van der Waals surface area contributed by atoms with E-state index in [1.165, 1.54) is 5.56 Å². The number of rotatable bonds is 3. The van der Waals surface area contributed by atoms with Crippen LogP contribution in [0.5, 0.6) is 11.5 Å². The fraction of sp³-hybridized carbons (Fsp3) is 0.500. The third-order valence-electron chi connectivity index (χ3n) is 2.92. The van der Waals surface area contributed by atoms with Crippen LogP contribution in [0.1, 0.15) is 11.6 Å². The number of ether oxygens (including phenoxy) is 2. The van der Waals surface area contributed by atoms with Crippen molar-refractivity contribution in [2.45, 2.75) is 6.04 Å². The second kappa shape index (κ2) is 7.19. The van der Waals surface area contributed by atoms with E-state index in [0.29, 0.717) is 6.04 Å². The van der Waals surface area contributed by atoms with Gasteiger partial charge in [-0.3, -0.25) is 0 Å². The molecule has 1 aromatic carbocycles. The van der Waals surface area contributed by atoms with Gasteiger partial charge in [-0.05, 0) is 17.7 Å². The van der Waals surface area contributed by atoms with E-state index in [0.717, 1.165) is 35.6 Å². The first-order valence-corrected chi connectivity index (χ1v) is 6.41. The van der Waals surface area contributed by atoms with Gasteiger partial charge in [0, 0.05) is 30.1 Å². The van der Waals surface area contributed by atoms with Gasteiger partial charge in [0.2, 0.25) is 0 Å². The van der Waals surface area contributed by atoms with Gasteiger partial charge in [0.15, 0.2) is 11.5 Å². The van der Waals surface area contributed by atoms with Gasteiger partial charge in [-0.1, -0.05) is 15.9 Å². The average molecular weight is 338 g/mol. The predicted octanol–water partition coefficient (Wildman–Crippen LogP) is 2.12. The number of halogens is 2. The van der Waals surface area contributed by atoms with Crippen LogP contribution in [0.3, 0.4) is 0 Å². The molecule has 2 N–H and O–H groups in total. The van der Waals surface area contributed by atoms with Crippen LogP contribution in [0, 0.1) is 0 Å². The van der Waals surface area contributed by atoms with Crippen LogP contribution in [0.15, 0.2) is 16.6 Å². The average Bonchev–Trinajstić information content (AvgIpc) is 2.39. The molecule has 0 amide bonds. The fourth-order valence-corrected chi connectivity index (χ4v) is 2.61. The highest BCUT2D eigenvalue weighted by Crippen LogP contribution is 2.36. The Bertz CT molecular complexity index is 398. The predicted molar refractivity (Wildman–Crippen MR) is 78.1 cm³/mol. The summed E-state index contributed by atoms with van der Waals surface area (Å²) >= 11 is 3.58. The molecule has 0 spiro atoms. The molecule has 1 saturated heterocycles. The zero-order valence-electron chi connectivity index (χ0n) is 10.5. The smallest absolute Gasteiger partial charge is 0.161 e. The van der Waals surface area contributed by atoms with E-state index in [9.17, 15) is 0 Å². The molecule has 1 aliphatic rings. The van der Waals surface area contributed by atoms with E-state index in [1.807, 2.05) is 12.1 Å². The molecule has 4 nitrogen and oxygen atoms in total. The van der Waals surface area contributed by atoms with E-state index >= 15 is 0 Å². The van der Waals surface area contributed by atoms with Crippen molar-refractivity contribution >= 4 is 28.3 Å². The summed E-state index contributed by atoms with van der Waals surface area (Å²) in [6.45, 7) is 2.92. The molecule has 2 rings (SSSR count). The van der Waals surface area contributed by atoms with E-state index in [4.69, 9.17) is 9.47 Å². The lowest BCUT2D eigenvalue weighted by Crippen LogP contribution is -2.42. The molecule has 18 heavy (non-hydrogen) atoms. The van der Waals surface area contributed by atoms with Crippen molar-refractivity contribution in [3.8, 4) is 11.5 Å². The Labute approximate surface area is 122 Å². The molecule has 102 valence electrons. The molecule has 1 heterocycles. The first kappa shape index (κ1) is 15.6. The summed E-state index contributed by atoms with van der Waals surface area (Å²) in [5, 5.41) is 6.85. The summed E-state index contributed by atoms with van der Waals surface area (Å²) in [5.74, 6) is 1.50. The topological polar surface area (TPSA) is 42.5 Å². The Morgan fingerprint density at radius 1 is 1.17 bits per heavy atom. The molecular weight excluding hydrogens is 320 g/mol. The summed E-state index contributed by atoms with van der Waals surface area (Å²) in [7, 11) is 3.30. The van der Waals surface area contributed by atoms with Crippen LogP contribution < -0.4 is 20.1 Å². The fourth-order valence-electron chi connectivity index (χ4n) is 2.01. The maximum Gasteiger partial charge on any atom is 0.161 e. The van der Waals surface area contributed by atoms with Crippen molar-refractivity contribution in [2.24, 2.45) is 0 Å². The maximum atomic E-state index is 5.33. The van der Waals surface area contributed by atoms with Crippen LogP contribution >= 0.6 is 28.3 Å². The molecule has 1 atom stereocenters. The Morgan fingerprint density at radius 3 is 2.39 bits per heavy atom. The number of methoxy groups -OCH3 is 2. The minimum Gasteiger partial charge on any atom is -0.493 e. The Morgan fingerprint density at radius 2 is 1.83 bits per heavy atom. The highest BCUT2D eigenvalue weighted by atomic mass is 79.9. The van der Waals surface area contributed by atoms with Gasteiger partial charge in [-0.25, -0.2) is 0 Å². The van der Waals surface area contributed by atoms with E-state index in [-0.39, 0.29) is 12.4 Å². The van der Waals surface area contributed by atoms with Crippen LogP contribution in [0.4, 0.5) is 0 Å². The third kappa shape index (κ3) is 3.29. The highest BCUT2D eigenvalue weighted by Gasteiger charge is 2.19. The zero-order chi connectivity index (χ0) is 12.3. The lowest BCUT2D eigenvalue weighted by Gasteiger charge is -2.26. The molecule has 0 radical (unpaired) electrons. The largest absolute Gasteiger partial charge is 0.493 e. The summed E-state index contributed by atoms with van der Waals surface area (Å²) in [5.41, 5.74) is 1.19. The molecule has 0 aromatic heterocycles. The van der Waals surface area contributed by atoms with Gasteiger partial charge in [0.05, 0.1) is 14.2 Å². The van der Waals surface area contributed by atoms with Gasteiger partial charge in [0.1, 0.15) is 0 Å². The second-order valence-corrected chi connectivity index (χ2v) is 4.79. The molecule has 0 saturated carbocycles. The van der Waals surface area contributed by atoms with Crippen LogP contribution in [0.2, 0.25) is 0 Å². The number of piperazine rings is 1. The molecule has 1 aromatic rings.